The second-order valence-corrected chi connectivity index (χ2v) is 6.74. The van der Waals surface area contributed by atoms with Crippen molar-refractivity contribution in [2.24, 2.45) is 5.41 Å². The number of hydrogen-bond donors (Lipinski definition) is 1. The van der Waals surface area contributed by atoms with Crippen molar-refractivity contribution in [1.29, 1.82) is 0 Å². The van der Waals surface area contributed by atoms with Crippen LogP contribution in [-0.4, -0.2) is 11.9 Å². The molecule has 0 heterocycles. The second kappa shape index (κ2) is 5.04. The fraction of sp³-hybridized carbons (Fsp3) is 0.533. The molecule has 3 heteroatoms. The molecule has 1 unspecified atom stereocenters. The highest BCUT2D eigenvalue weighted by molar-refractivity contribution is 9.10. The number of benzene rings is 1. The minimum atomic E-state index is 0.0295. The van der Waals surface area contributed by atoms with Crippen LogP contribution in [0.15, 0.2) is 22.7 Å². The van der Waals surface area contributed by atoms with Gasteiger partial charge in [-0.25, -0.2) is 0 Å². The molecule has 1 amide bonds. The van der Waals surface area contributed by atoms with Crippen LogP contribution in [0.2, 0.25) is 0 Å². The molecular weight excluding hydrogens is 290 g/mol. The summed E-state index contributed by atoms with van der Waals surface area (Å²) in [4.78, 5) is 12.3. The van der Waals surface area contributed by atoms with Crippen molar-refractivity contribution >= 4 is 21.8 Å². The lowest BCUT2D eigenvalue weighted by Gasteiger charge is -2.28. The topological polar surface area (TPSA) is 29.1 Å². The lowest BCUT2D eigenvalue weighted by atomic mass is 9.87. The first-order chi connectivity index (χ1) is 8.40. The minimum absolute atomic E-state index is 0.0295. The summed E-state index contributed by atoms with van der Waals surface area (Å²) in [6.07, 6.45) is 3.47. The standard InChI is InChI=1S/C15H20BrNO/c1-10-6-7-11(12(16)9-10)14(18)17-13-5-4-8-15(13,2)3/h6-7,9,13H,4-5,8H2,1-3H3,(H,17,18). The van der Waals surface area contributed by atoms with Gasteiger partial charge in [-0.1, -0.05) is 26.3 Å². The zero-order chi connectivity index (χ0) is 13.3. The molecule has 1 aliphatic carbocycles. The maximum atomic E-state index is 12.3. The van der Waals surface area contributed by atoms with Gasteiger partial charge in [0, 0.05) is 10.5 Å². The zero-order valence-corrected chi connectivity index (χ0v) is 12.8. The Hall–Kier alpha value is -0.830. The molecule has 2 rings (SSSR count). The Labute approximate surface area is 117 Å². The Bertz CT molecular complexity index is 468. The van der Waals surface area contributed by atoms with E-state index in [0.717, 1.165) is 22.0 Å². The Balaban J connectivity index is 2.13. The summed E-state index contributed by atoms with van der Waals surface area (Å²) in [5.41, 5.74) is 2.09. The molecule has 18 heavy (non-hydrogen) atoms. The van der Waals surface area contributed by atoms with Crippen LogP contribution in [0.1, 0.15) is 49.0 Å². The second-order valence-electron chi connectivity index (χ2n) is 5.89. The average molecular weight is 310 g/mol. The molecule has 0 spiro atoms. The van der Waals surface area contributed by atoms with Gasteiger partial charge in [0.15, 0.2) is 0 Å². The van der Waals surface area contributed by atoms with Gasteiger partial charge in [0.05, 0.1) is 5.56 Å². The molecular formula is C15H20BrNO. The fourth-order valence-electron chi connectivity index (χ4n) is 2.63. The monoisotopic (exact) mass is 309 g/mol. The molecule has 1 saturated carbocycles. The Morgan fingerprint density at radius 3 is 2.72 bits per heavy atom. The van der Waals surface area contributed by atoms with Gasteiger partial charge >= 0.3 is 0 Å². The van der Waals surface area contributed by atoms with E-state index in [9.17, 15) is 4.79 Å². The summed E-state index contributed by atoms with van der Waals surface area (Å²) in [7, 11) is 0. The summed E-state index contributed by atoms with van der Waals surface area (Å²) in [6.45, 7) is 6.48. The normalized spacial score (nSPS) is 21.9. The van der Waals surface area contributed by atoms with Gasteiger partial charge in [-0.3, -0.25) is 4.79 Å². The summed E-state index contributed by atoms with van der Waals surface area (Å²) in [5.74, 6) is 0.0295. The van der Waals surface area contributed by atoms with Gasteiger partial charge in [-0.2, -0.15) is 0 Å². The highest BCUT2D eigenvalue weighted by Gasteiger charge is 2.35. The number of carbonyl (C=O) groups excluding carboxylic acids is 1. The quantitative estimate of drug-likeness (QED) is 0.876. The van der Waals surface area contributed by atoms with E-state index in [1.807, 2.05) is 25.1 Å². The van der Waals surface area contributed by atoms with Crippen LogP contribution in [-0.2, 0) is 0 Å². The van der Waals surface area contributed by atoms with Crippen molar-refractivity contribution in [3.8, 4) is 0 Å². The average Bonchev–Trinajstić information content (AvgIpc) is 2.58. The maximum Gasteiger partial charge on any atom is 0.252 e. The number of amides is 1. The van der Waals surface area contributed by atoms with Crippen LogP contribution in [0.5, 0.6) is 0 Å². The SMILES string of the molecule is Cc1ccc(C(=O)NC2CCCC2(C)C)c(Br)c1. The van der Waals surface area contributed by atoms with Crippen LogP contribution in [0.4, 0.5) is 0 Å². The predicted octanol–water partition coefficient (Wildman–Crippen LogP) is 4.07. The summed E-state index contributed by atoms with van der Waals surface area (Å²) >= 11 is 3.46. The van der Waals surface area contributed by atoms with Crippen LogP contribution < -0.4 is 5.32 Å². The zero-order valence-electron chi connectivity index (χ0n) is 11.2. The highest BCUT2D eigenvalue weighted by Crippen LogP contribution is 2.37. The van der Waals surface area contributed by atoms with E-state index in [4.69, 9.17) is 0 Å². The first kappa shape index (κ1) is 13.6. The third-order valence-corrected chi connectivity index (χ3v) is 4.59. The smallest absolute Gasteiger partial charge is 0.252 e. The van der Waals surface area contributed by atoms with Gasteiger partial charge in [-0.15, -0.1) is 0 Å². The predicted molar refractivity (Wildman–Crippen MR) is 77.8 cm³/mol. The molecule has 0 radical (unpaired) electrons. The lowest BCUT2D eigenvalue weighted by molar-refractivity contribution is 0.0909. The van der Waals surface area contributed by atoms with Gasteiger partial charge in [-0.05, 0) is 58.8 Å². The number of halogens is 1. The van der Waals surface area contributed by atoms with Crippen molar-refractivity contribution in [2.75, 3.05) is 0 Å². The van der Waals surface area contributed by atoms with E-state index < -0.39 is 0 Å². The summed E-state index contributed by atoms with van der Waals surface area (Å²) in [6, 6.07) is 6.13. The van der Waals surface area contributed by atoms with E-state index in [2.05, 4.69) is 35.1 Å². The number of carbonyl (C=O) groups is 1. The number of aryl methyl sites for hydroxylation is 1. The summed E-state index contributed by atoms with van der Waals surface area (Å²) < 4.78 is 0.871. The third-order valence-electron chi connectivity index (χ3n) is 3.93. The van der Waals surface area contributed by atoms with E-state index >= 15 is 0 Å². The Kier molecular flexibility index (Phi) is 3.81. The molecule has 2 nitrogen and oxygen atoms in total. The first-order valence-electron chi connectivity index (χ1n) is 6.47. The lowest BCUT2D eigenvalue weighted by Crippen LogP contribution is -2.41. The Morgan fingerprint density at radius 2 is 2.17 bits per heavy atom. The highest BCUT2D eigenvalue weighted by atomic mass is 79.9. The molecule has 0 aromatic heterocycles. The minimum Gasteiger partial charge on any atom is -0.349 e. The van der Waals surface area contributed by atoms with Crippen LogP contribution in [0, 0.1) is 12.3 Å². The van der Waals surface area contributed by atoms with Gasteiger partial charge in [0.2, 0.25) is 0 Å². The fourth-order valence-corrected chi connectivity index (χ4v) is 3.31. The van der Waals surface area contributed by atoms with E-state index in [1.165, 1.54) is 12.8 Å². The van der Waals surface area contributed by atoms with Crippen LogP contribution >= 0.6 is 15.9 Å². The van der Waals surface area contributed by atoms with Gasteiger partial charge < -0.3 is 5.32 Å². The molecule has 1 fully saturated rings. The van der Waals surface area contributed by atoms with Crippen LogP contribution in [0.25, 0.3) is 0 Å². The van der Waals surface area contributed by atoms with Crippen LogP contribution in [0.3, 0.4) is 0 Å². The summed E-state index contributed by atoms with van der Waals surface area (Å²) in [5, 5.41) is 3.18. The van der Waals surface area contributed by atoms with Crippen molar-refractivity contribution in [3.05, 3.63) is 33.8 Å². The van der Waals surface area contributed by atoms with Crippen molar-refractivity contribution in [1.82, 2.24) is 5.32 Å². The molecule has 1 aromatic carbocycles. The molecule has 0 bridgehead atoms. The van der Waals surface area contributed by atoms with Crippen molar-refractivity contribution in [2.45, 2.75) is 46.1 Å². The van der Waals surface area contributed by atoms with E-state index in [0.29, 0.717) is 6.04 Å². The van der Waals surface area contributed by atoms with Gasteiger partial charge in [0.25, 0.3) is 5.91 Å². The van der Waals surface area contributed by atoms with Crippen molar-refractivity contribution < 1.29 is 4.79 Å². The third kappa shape index (κ3) is 2.77. The number of rotatable bonds is 2. The molecule has 1 N–H and O–H groups in total. The molecule has 1 aromatic rings. The Morgan fingerprint density at radius 1 is 1.44 bits per heavy atom. The molecule has 1 atom stereocenters. The van der Waals surface area contributed by atoms with E-state index in [-0.39, 0.29) is 11.3 Å². The number of hydrogen-bond acceptors (Lipinski definition) is 1. The molecule has 98 valence electrons. The largest absolute Gasteiger partial charge is 0.349 e. The van der Waals surface area contributed by atoms with E-state index in [1.54, 1.807) is 0 Å². The maximum absolute atomic E-state index is 12.3. The van der Waals surface area contributed by atoms with Crippen molar-refractivity contribution in [3.63, 3.8) is 0 Å². The number of nitrogens with one attached hydrogen (secondary N) is 1. The molecule has 1 aliphatic rings. The van der Waals surface area contributed by atoms with Gasteiger partial charge in [0.1, 0.15) is 0 Å². The molecule has 0 aliphatic heterocycles. The first-order valence-corrected chi connectivity index (χ1v) is 7.26. The molecule has 0 saturated heterocycles.